The van der Waals surface area contributed by atoms with Gasteiger partial charge in [0.25, 0.3) is 0 Å². The Morgan fingerprint density at radius 2 is 1.91 bits per heavy atom. The third kappa shape index (κ3) is 6.98. The van der Waals surface area contributed by atoms with Crippen LogP contribution < -0.4 is 11.1 Å². The number of hydrogen-bond donors (Lipinski definition) is 4. The molecule has 0 aliphatic carbocycles. The lowest BCUT2D eigenvalue weighted by atomic mass is 10.7. The van der Waals surface area contributed by atoms with Crippen LogP contribution in [0.5, 0.6) is 0 Å². The van der Waals surface area contributed by atoms with Crippen LogP contribution in [0.3, 0.4) is 0 Å². The Morgan fingerprint density at radius 3 is 2.18 bits per heavy atom. The molecule has 0 fully saturated rings. The minimum atomic E-state index is -4.40. The van der Waals surface area contributed by atoms with Crippen LogP contribution in [0.2, 0.25) is 0 Å². The number of imide groups is 1. The molecule has 0 aromatic rings. The quantitative estimate of drug-likeness (QED) is 0.380. The first kappa shape index (κ1) is 10.1. The lowest BCUT2D eigenvalue weighted by Gasteiger charge is -2.01. The van der Waals surface area contributed by atoms with E-state index in [1.807, 2.05) is 0 Å². The van der Waals surface area contributed by atoms with E-state index < -0.39 is 25.7 Å². The summed E-state index contributed by atoms with van der Waals surface area (Å²) >= 11 is 0. The molecule has 0 aromatic carbocycles. The Hall–Kier alpha value is -0.910. The number of nitrogens with two attached hydrogens (primary N) is 1. The van der Waals surface area contributed by atoms with E-state index in [0.29, 0.717) is 0 Å². The van der Waals surface area contributed by atoms with Crippen molar-refractivity contribution in [2.45, 2.75) is 0 Å². The summed E-state index contributed by atoms with van der Waals surface area (Å²) in [4.78, 5) is 36.7. The molecule has 64 valence electrons. The Kier molecular flexibility index (Phi) is 3.18. The molecule has 5 N–H and O–H groups in total. The number of primary amides is 1. The summed E-state index contributed by atoms with van der Waals surface area (Å²) in [6, 6.07) is -1.14. The maximum absolute atomic E-state index is 10.4. The van der Waals surface area contributed by atoms with Crippen LogP contribution >= 0.6 is 7.60 Å². The van der Waals surface area contributed by atoms with Gasteiger partial charge in [-0.05, 0) is 0 Å². The Bertz CT molecular complexity index is 220. The maximum Gasteiger partial charge on any atom is 0.334 e. The van der Waals surface area contributed by atoms with E-state index in [4.69, 9.17) is 9.79 Å². The van der Waals surface area contributed by atoms with E-state index in [2.05, 4.69) is 5.73 Å². The van der Waals surface area contributed by atoms with E-state index in [1.165, 1.54) is 5.32 Å². The second kappa shape index (κ2) is 3.47. The number of amides is 3. The van der Waals surface area contributed by atoms with E-state index in [1.54, 1.807) is 0 Å². The minimum Gasteiger partial charge on any atom is -0.351 e. The third-order valence-electron chi connectivity index (χ3n) is 0.612. The predicted molar refractivity (Wildman–Crippen MR) is 34.6 cm³/mol. The highest BCUT2D eigenvalue weighted by atomic mass is 31.2. The summed E-state index contributed by atoms with van der Waals surface area (Å²) in [6.07, 6.45) is -1.03. The van der Waals surface area contributed by atoms with Crippen molar-refractivity contribution in [3.8, 4) is 0 Å². The molecular weight excluding hydrogens is 175 g/mol. The van der Waals surface area contributed by atoms with Gasteiger partial charge in [0.2, 0.25) is 5.91 Å². The van der Waals surface area contributed by atoms with Crippen molar-refractivity contribution in [3.63, 3.8) is 0 Å². The molecule has 0 bridgehead atoms. The molecule has 7 nitrogen and oxygen atoms in total. The molecule has 0 aromatic heterocycles. The molecule has 0 spiro atoms. The highest BCUT2D eigenvalue weighted by Crippen LogP contribution is 2.33. The molecule has 0 atom stereocenters. The maximum atomic E-state index is 10.4. The molecule has 0 aliphatic heterocycles. The summed E-state index contributed by atoms with van der Waals surface area (Å²) in [5.74, 6) is -1.09. The van der Waals surface area contributed by atoms with Gasteiger partial charge in [-0.3, -0.25) is 14.7 Å². The number of rotatable bonds is 2. The van der Waals surface area contributed by atoms with Crippen LogP contribution in [0.1, 0.15) is 0 Å². The number of carbonyl (C=O) groups is 2. The summed E-state index contributed by atoms with van der Waals surface area (Å²) in [6.45, 7) is 0. The van der Waals surface area contributed by atoms with Crippen molar-refractivity contribution in [2.24, 2.45) is 5.73 Å². The Morgan fingerprint density at radius 1 is 1.45 bits per heavy atom. The largest absolute Gasteiger partial charge is 0.351 e. The second-order valence-corrected chi connectivity index (χ2v) is 3.38. The molecule has 0 saturated carbocycles. The van der Waals surface area contributed by atoms with Gasteiger partial charge in [-0.25, -0.2) is 4.79 Å². The highest BCUT2D eigenvalue weighted by Gasteiger charge is 2.19. The molecule has 0 radical (unpaired) electrons. The van der Waals surface area contributed by atoms with Crippen LogP contribution in [0, 0.1) is 0 Å². The van der Waals surface area contributed by atoms with Gasteiger partial charge in [-0.2, -0.15) is 0 Å². The Labute approximate surface area is 61.7 Å². The zero-order chi connectivity index (χ0) is 9.07. The van der Waals surface area contributed by atoms with Crippen LogP contribution in [-0.2, 0) is 9.36 Å². The molecule has 3 amide bonds. The number of carbonyl (C=O) groups excluding carboxylic acids is 2. The first-order chi connectivity index (χ1) is 4.81. The SMILES string of the molecule is NC(=O)NC(=O)CP(=O)(O)O. The zero-order valence-corrected chi connectivity index (χ0v) is 6.25. The first-order valence-electron chi connectivity index (χ1n) is 2.45. The number of hydrogen-bond acceptors (Lipinski definition) is 3. The van der Waals surface area contributed by atoms with Gasteiger partial charge in [-0.1, -0.05) is 0 Å². The highest BCUT2D eigenvalue weighted by molar-refractivity contribution is 7.52. The molecule has 0 rings (SSSR count). The minimum absolute atomic E-state index is 1.03. The Balaban J connectivity index is 3.90. The van der Waals surface area contributed by atoms with Gasteiger partial charge in [0.1, 0.15) is 6.16 Å². The third-order valence-corrected chi connectivity index (χ3v) is 1.31. The number of urea groups is 1. The standard InChI is InChI=1S/C3H7N2O5P/c4-3(7)5-2(6)1-11(8,9)10/h1H2,(H2,8,9,10)(H3,4,5,6,7). The molecule has 0 aliphatic rings. The summed E-state index contributed by atoms with van der Waals surface area (Å²) in [7, 11) is -4.40. The second-order valence-electron chi connectivity index (χ2n) is 1.74. The molecule has 11 heavy (non-hydrogen) atoms. The molecule has 0 heterocycles. The lowest BCUT2D eigenvalue weighted by molar-refractivity contribution is -0.117. The summed E-state index contributed by atoms with van der Waals surface area (Å²) in [5.41, 5.74) is 4.49. The predicted octanol–water partition coefficient (Wildman–Crippen LogP) is -1.64. The topological polar surface area (TPSA) is 130 Å². The van der Waals surface area contributed by atoms with Gasteiger partial charge in [0.15, 0.2) is 0 Å². The van der Waals surface area contributed by atoms with Crippen molar-refractivity contribution in [1.29, 1.82) is 0 Å². The average Bonchev–Trinajstić information content (AvgIpc) is 1.53. The van der Waals surface area contributed by atoms with Crippen molar-refractivity contribution >= 4 is 19.5 Å². The average molecular weight is 182 g/mol. The van der Waals surface area contributed by atoms with E-state index in [-0.39, 0.29) is 0 Å². The van der Waals surface area contributed by atoms with E-state index in [0.717, 1.165) is 0 Å². The molecular formula is C3H7N2O5P. The monoisotopic (exact) mass is 182 g/mol. The summed E-state index contributed by atoms with van der Waals surface area (Å²) in [5, 5.41) is 1.51. The van der Waals surface area contributed by atoms with Crippen molar-refractivity contribution in [3.05, 3.63) is 0 Å². The fraction of sp³-hybridized carbons (Fsp3) is 0.333. The fourth-order valence-corrected chi connectivity index (χ4v) is 0.817. The van der Waals surface area contributed by atoms with Crippen LogP contribution in [-0.4, -0.2) is 27.9 Å². The van der Waals surface area contributed by atoms with Gasteiger partial charge >= 0.3 is 13.6 Å². The zero-order valence-electron chi connectivity index (χ0n) is 5.35. The normalized spacial score (nSPS) is 10.7. The van der Waals surface area contributed by atoms with Crippen molar-refractivity contribution in [1.82, 2.24) is 5.32 Å². The van der Waals surface area contributed by atoms with E-state index >= 15 is 0 Å². The smallest absolute Gasteiger partial charge is 0.334 e. The molecule has 0 saturated heterocycles. The van der Waals surface area contributed by atoms with Crippen molar-refractivity contribution in [2.75, 3.05) is 6.16 Å². The van der Waals surface area contributed by atoms with Crippen LogP contribution in [0.25, 0.3) is 0 Å². The fourth-order valence-electron chi connectivity index (χ4n) is 0.364. The van der Waals surface area contributed by atoms with Crippen LogP contribution in [0.15, 0.2) is 0 Å². The number of nitrogens with one attached hydrogen (secondary N) is 1. The van der Waals surface area contributed by atoms with Gasteiger partial charge in [-0.15, -0.1) is 0 Å². The van der Waals surface area contributed by atoms with E-state index in [9.17, 15) is 14.2 Å². The molecule has 8 heteroatoms. The van der Waals surface area contributed by atoms with Crippen LogP contribution in [0.4, 0.5) is 4.79 Å². The first-order valence-corrected chi connectivity index (χ1v) is 4.25. The van der Waals surface area contributed by atoms with Gasteiger partial charge in [0, 0.05) is 0 Å². The van der Waals surface area contributed by atoms with Gasteiger partial charge < -0.3 is 15.5 Å². The van der Waals surface area contributed by atoms with Crippen molar-refractivity contribution < 1.29 is 23.9 Å². The lowest BCUT2D eigenvalue weighted by Crippen LogP contribution is -2.36. The van der Waals surface area contributed by atoms with Gasteiger partial charge in [0.05, 0.1) is 0 Å². The summed E-state index contributed by atoms with van der Waals surface area (Å²) < 4.78 is 10.1. The molecule has 0 unspecified atom stereocenters.